The van der Waals surface area contributed by atoms with Crippen LogP contribution in [0, 0.1) is 0 Å². The summed E-state index contributed by atoms with van der Waals surface area (Å²) in [6, 6.07) is 0.399. The molecule has 0 radical (unpaired) electrons. The van der Waals surface area contributed by atoms with Crippen molar-refractivity contribution < 1.29 is 9.53 Å². The normalized spacial score (nSPS) is 31.4. The maximum Gasteiger partial charge on any atom is 0.411 e. The second-order valence-electron chi connectivity index (χ2n) is 3.09. The fraction of sp³-hybridized carbons (Fsp3) is 0.857. The molecule has 0 aromatic heterocycles. The number of ether oxygens (including phenoxy) is 1. The van der Waals surface area contributed by atoms with Crippen molar-refractivity contribution in [2.45, 2.75) is 38.7 Å². The first-order valence-electron chi connectivity index (χ1n) is 3.78. The second kappa shape index (κ2) is 2.98. The van der Waals surface area contributed by atoms with E-state index in [4.69, 9.17) is 4.74 Å². The molecule has 64 valence electrons. The molecular formula is C7H14NO2P. The van der Waals surface area contributed by atoms with Crippen molar-refractivity contribution in [3.63, 3.8) is 0 Å². The Bertz CT molecular complexity index is 172. The third-order valence-corrected chi connectivity index (χ3v) is 2.61. The van der Waals surface area contributed by atoms with Crippen LogP contribution >= 0.6 is 9.24 Å². The summed E-state index contributed by atoms with van der Waals surface area (Å²) >= 11 is 0. The van der Waals surface area contributed by atoms with E-state index in [9.17, 15) is 4.79 Å². The molecule has 0 aromatic carbocycles. The van der Waals surface area contributed by atoms with Gasteiger partial charge in [0.15, 0.2) is 0 Å². The van der Waals surface area contributed by atoms with Crippen molar-refractivity contribution in [3.05, 3.63) is 0 Å². The zero-order valence-corrected chi connectivity index (χ0v) is 8.23. The molecule has 3 atom stereocenters. The van der Waals surface area contributed by atoms with E-state index in [0.717, 1.165) is 0 Å². The predicted octanol–water partition coefficient (Wildman–Crippen LogP) is 1.44. The number of nitrogens with zero attached hydrogens (tertiary/aromatic N) is 1. The van der Waals surface area contributed by atoms with Gasteiger partial charge in [0, 0.05) is 6.04 Å². The van der Waals surface area contributed by atoms with E-state index in [1.165, 1.54) is 0 Å². The number of amides is 1. The lowest BCUT2D eigenvalue weighted by molar-refractivity contribution is 0.147. The van der Waals surface area contributed by atoms with Gasteiger partial charge >= 0.3 is 6.09 Å². The van der Waals surface area contributed by atoms with Gasteiger partial charge in [0.25, 0.3) is 0 Å². The zero-order valence-electron chi connectivity index (χ0n) is 7.07. The molecule has 4 heteroatoms. The number of cyclic esters (lactones) is 1. The molecule has 1 heterocycles. The third-order valence-electron chi connectivity index (χ3n) is 1.92. The molecule has 3 nitrogen and oxygen atoms in total. The lowest BCUT2D eigenvalue weighted by Crippen LogP contribution is -2.38. The quantitative estimate of drug-likeness (QED) is 0.564. The molecule has 0 aromatic rings. The fourth-order valence-electron chi connectivity index (χ4n) is 1.28. The zero-order chi connectivity index (χ0) is 8.59. The summed E-state index contributed by atoms with van der Waals surface area (Å²) in [6.45, 7) is 5.96. The Balaban J connectivity index is 2.71. The van der Waals surface area contributed by atoms with Gasteiger partial charge in [-0.1, -0.05) is 9.24 Å². The molecule has 1 rings (SSSR count). The Hall–Kier alpha value is -0.300. The van der Waals surface area contributed by atoms with Crippen LogP contribution in [-0.2, 0) is 4.74 Å². The molecule has 0 N–H and O–H groups in total. The molecule has 1 aliphatic heterocycles. The van der Waals surface area contributed by atoms with E-state index >= 15 is 0 Å². The van der Waals surface area contributed by atoms with Crippen molar-refractivity contribution in [2.24, 2.45) is 0 Å². The summed E-state index contributed by atoms with van der Waals surface area (Å²) in [5.41, 5.74) is 0. The van der Waals surface area contributed by atoms with Crippen LogP contribution in [-0.4, -0.2) is 28.9 Å². The van der Waals surface area contributed by atoms with Gasteiger partial charge in [-0.3, -0.25) is 4.90 Å². The summed E-state index contributed by atoms with van der Waals surface area (Å²) in [4.78, 5) is 12.9. The van der Waals surface area contributed by atoms with Gasteiger partial charge < -0.3 is 4.74 Å². The molecule has 1 amide bonds. The summed E-state index contributed by atoms with van der Waals surface area (Å²) in [7, 11) is 2.52. The van der Waals surface area contributed by atoms with Gasteiger partial charge in [0.2, 0.25) is 0 Å². The third kappa shape index (κ3) is 1.48. The lowest BCUT2D eigenvalue weighted by atomic mass is 10.2. The van der Waals surface area contributed by atoms with E-state index < -0.39 is 0 Å². The van der Waals surface area contributed by atoms with Crippen LogP contribution in [0.5, 0.6) is 0 Å². The topological polar surface area (TPSA) is 29.5 Å². The summed E-state index contributed by atoms with van der Waals surface area (Å²) in [5.74, 6) is -0.0510. The van der Waals surface area contributed by atoms with Gasteiger partial charge in [0.05, 0.1) is 6.04 Å². The number of rotatable bonds is 1. The molecule has 1 unspecified atom stereocenters. The van der Waals surface area contributed by atoms with E-state index in [0.29, 0.717) is 0 Å². The van der Waals surface area contributed by atoms with E-state index in [1.54, 1.807) is 4.90 Å². The van der Waals surface area contributed by atoms with Crippen molar-refractivity contribution in [1.29, 1.82) is 0 Å². The Kier molecular flexibility index (Phi) is 2.38. The minimum atomic E-state index is -0.201. The lowest BCUT2D eigenvalue weighted by Gasteiger charge is -2.22. The maximum atomic E-state index is 11.1. The van der Waals surface area contributed by atoms with Gasteiger partial charge in [-0.2, -0.15) is 0 Å². The summed E-state index contributed by atoms with van der Waals surface area (Å²) in [6.07, 6.45) is -0.201. The summed E-state index contributed by atoms with van der Waals surface area (Å²) < 4.78 is 5.00. The van der Waals surface area contributed by atoms with Gasteiger partial charge in [-0.15, -0.1) is 0 Å². The molecule has 0 bridgehead atoms. The Morgan fingerprint density at radius 3 is 2.36 bits per heavy atom. The van der Waals surface area contributed by atoms with Gasteiger partial charge in [-0.05, 0) is 20.8 Å². The number of carbonyl (C=O) groups excluding carboxylic acids is 1. The maximum absolute atomic E-state index is 11.1. The minimum absolute atomic E-state index is 0.0510. The number of carbonyl (C=O) groups is 1. The number of hydrogen-bond acceptors (Lipinski definition) is 2. The average Bonchev–Trinajstić information content (AvgIpc) is 2.07. The first-order chi connectivity index (χ1) is 5.04. The molecule has 0 spiro atoms. The van der Waals surface area contributed by atoms with Gasteiger partial charge in [-0.25, -0.2) is 4.79 Å². The molecule has 1 fully saturated rings. The average molecular weight is 175 g/mol. The number of hydrogen-bond donors (Lipinski definition) is 0. The van der Waals surface area contributed by atoms with E-state index in [1.807, 2.05) is 20.8 Å². The smallest absolute Gasteiger partial charge is 0.411 e. The molecule has 1 saturated heterocycles. The fourth-order valence-corrected chi connectivity index (χ4v) is 1.58. The van der Waals surface area contributed by atoms with Crippen LogP contribution in [0.4, 0.5) is 4.79 Å². The van der Waals surface area contributed by atoms with Crippen LogP contribution in [0.3, 0.4) is 0 Å². The summed E-state index contributed by atoms with van der Waals surface area (Å²) in [5, 5.41) is 0. The first kappa shape index (κ1) is 8.79. The van der Waals surface area contributed by atoms with E-state index in [2.05, 4.69) is 9.24 Å². The monoisotopic (exact) mass is 175 g/mol. The van der Waals surface area contributed by atoms with Crippen LogP contribution in [0.15, 0.2) is 0 Å². The highest BCUT2D eigenvalue weighted by Crippen LogP contribution is 2.25. The second-order valence-corrected chi connectivity index (χ2v) is 3.75. The van der Waals surface area contributed by atoms with Crippen molar-refractivity contribution in [3.8, 4) is 0 Å². The highest BCUT2D eigenvalue weighted by atomic mass is 31.0. The Morgan fingerprint density at radius 2 is 2.18 bits per heavy atom. The first-order valence-corrected chi connectivity index (χ1v) is 4.45. The Morgan fingerprint density at radius 1 is 1.64 bits per heavy atom. The van der Waals surface area contributed by atoms with E-state index in [-0.39, 0.29) is 24.0 Å². The molecular weight excluding hydrogens is 161 g/mol. The van der Waals surface area contributed by atoms with Gasteiger partial charge in [0.1, 0.15) is 5.85 Å². The highest BCUT2D eigenvalue weighted by molar-refractivity contribution is 7.17. The minimum Gasteiger partial charge on any atom is -0.440 e. The molecule has 0 saturated carbocycles. The molecule has 11 heavy (non-hydrogen) atoms. The highest BCUT2D eigenvalue weighted by Gasteiger charge is 2.37. The van der Waals surface area contributed by atoms with Crippen LogP contribution in [0.25, 0.3) is 0 Å². The van der Waals surface area contributed by atoms with Crippen LogP contribution in [0.1, 0.15) is 20.8 Å². The van der Waals surface area contributed by atoms with Crippen LogP contribution in [0.2, 0.25) is 0 Å². The standard InChI is InChI=1S/C7H14NO2P/c1-4(2)8-5(3)6(11)10-7(8)9/h4-6H,11H2,1-3H3/t5-,6+/m1/s1. The van der Waals surface area contributed by atoms with Crippen molar-refractivity contribution >= 4 is 15.3 Å². The Labute approximate surface area is 69.3 Å². The largest absolute Gasteiger partial charge is 0.440 e. The molecule has 1 aliphatic rings. The van der Waals surface area contributed by atoms with Crippen molar-refractivity contribution in [2.75, 3.05) is 0 Å². The predicted molar refractivity (Wildman–Crippen MR) is 46.4 cm³/mol. The van der Waals surface area contributed by atoms with Crippen molar-refractivity contribution in [1.82, 2.24) is 4.90 Å². The SMILES string of the molecule is CC(C)N1C(=O)O[C@@H](P)[C@H]1C. The van der Waals surface area contributed by atoms with Crippen LogP contribution < -0.4 is 0 Å². The molecule has 0 aliphatic carbocycles.